The van der Waals surface area contributed by atoms with Crippen molar-refractivity contribution >= 4 is 33.3 Å². The highest BCUT2D eigenvalue weighted by atomic mass is 32.1. The summed E-state index contributed by atoms with van der Waals surface area (Å²) < 4.78 is 0. The van der Waals surface area contributed by atoms with Crippen molar-refractivity contribution in [3.05, 3.63) is 71.4 Å². The smallest absolute Gasteiger partial charge is 0.258 e. The summed E-state index contributed by atoms with van der Waals surface area (Å²) in [7, 11) is 0. The number of rotatable bonds is 4. The Hall–Kier alpha value is -3.12. The van der Waals surface area contributed by atoms with Gasteiger partial charge in [0.25, 0.3) is 5.91 Å². The number of pyridine rings is 2. The molecule has 0 atom stereocenters. The first kappa shape index (κ1) is 16.1. The zero-order valence-electron chi connectivity index (χ0n) is 14.4. The quantitative estimate of drug-likeness (QED) is 0.554. The van der Waals surface area contributed by atoms with Crippen LogP contribution in [-0.2, 0) is 0 Å². The number of carbonyl (C=O) groups is 1. The van der Waals surface area contributed by atoms with Gasteiger partial charge in [-0.2, -0.15) is 0 Å². The number of anilines is 1. The average molecular weight is 372 g/mol. The Labute approximate surface area is 160 Å². The molecule has 1 aromatic carbocycles. The van der Waals surface area contributed by atoms with E-state index >= 15 is 0 Å². The number of nitrogens with one attached hydrogen (secondary N) is 1. The lowest BCUT2D eigenvalue weighted by Crippen LogP contribution is -2.13. The highest BCUT2D eigenvalue weighted by Crippen LogP contribution is 2.40. The molecule has 0 unspecified atom stereocenters. The van der Waals surface area contributed by atoms with Crippen molar-refractivity contribution in [1.29, 1.82) is 0 Å². The molecule has 0 spiro atoms. The van der Waals surface area contributed by atoms with Crippen LogP contribution in [0.4, 0.5) is 5.13 Å². The molecule has 0 radical (unpaired) electrons. The lowest BCUT2D eigenvalue weighted by molar-refractivity contribution is 0.102. The molecule has 5 nitrogen and oxygen atoms in total. The van der Waals surface area contributed by atoms with Gasteiger partial charge in [-0.25, -0.2) is 4.98 Å². The fourth-order valence-corrected chi connectivity index (χ4v) is 3.80. The molecule has 5 rings (SSSR count). The average Bonchev–Trinajstić information content (AvgIpc) is 3.47. The van der Waals surface area contributed by atoms with Crippen molar-refractivity contribution in [1.82, 2.24) is 15.0 Å². The van der Waals surface area contributed by atoms with Crippen molar-refractivity contribution in [3.8, 4) is 11.4 Å². The van der Waals surface area contributed by atoms with Gasteiger partial charge in [-0.3, -0.25) is 20.1 Å². The van der Waals surface area contributed by atoms with Gasteiger partial charge in [-0.1, -0.05) is 24.3 Å². The number of nitrogens with zero attached hydrogens (tertiary/aromatic N) is 3. The molecule has 1 aliphatic rings. The summed E-state index contributed by atoms with van der Waals surface area (Å²) in [6.07, 6.45) is 4.02. The van der Waals surface area contributed by atoms with Gasteiger partial charge in [0.2, 0.25) is 0 Å². The molecule has 0 bridgehead atoms. The van der Waals surface area contributed by atoms with E-state index in [0.29, 0.717) is 16.6 Å². The summed E-state index contributed by atoms with van der Waals surface area (Å²) in [5, 5.41) is 6.27. The molecule has 1 aliphatic carbocycles. The molecule has 132 valence electrons. The first-order valence-electron chi connectivity index (χ1n) is 8.86. The number of hydrogen-bond donors (Lipinski definition) is 1. The maximum Gasteiger partial charge on any atom is 0.258 e. The summed E-state index contributed by atoms with van der Waals surface area (Å²) in [6, 6.07) is 15.4. The maximum absolute atomic E-state index is 13.0. The van der Waals surface area contributed by atoms with Gasteiger partial charge in [-0.05, 0) is 37.1 Å². The normalized spacial score (nSPS) is 13.6. The zero-order chi connectivity index (χ0) is 18.2. The van der Waals surface area contributed by atoms with E-state index in [-0.39, 0.29) is 5.91 Å². The Morgan fingerprint density at radius 1 is 1.04 bits per heavy atom. The second-order valence-corrected chi connectivity index (χ2v) is 7.45. The summed E-state index contributed by atoms with van der Waals surface area (Å²) in [4.78, 5) is 26.5. The summed E-state index contributed by atoms with van der Waals surface area (Å²) in [6.45, 7) is 0. The van der Waals surface area contributed by atoms with Crippen LogP contribution < -0.4 is 5.32 Å². The van der Waals surface area contributed by atoms with Crippen molar-refractivity contribution in [2.45, 2.75) is 18.8 Å². The van der Waals surface area contributed by atoms with E-state index in [0.717, 1.165) is 40.8 Å². The molecule has 3 aromatic heterocycles. The van der Waals surface area contributed by atoms with Gasteiger partial charge in [-0.15, -0.1) is 11.3 Å². The molecule has 6 heteroatoms. The standard InChI is InChI=1S/C21H16N4OS/c26-20(25-21-24-19(12-27-21)17-7-3-4-10-22-17)15-11-18(13-8-9-13)23-16-6-2-1-5-14(15)16/h1-7,10-13H,8-9H2,(H,24,25,26). The zero-order valence-corrected chi connectivity index (χ0v) is 15.2. The van der Waals surface area contributed by atoms with E-state index in [2.05, 4.69) is 15.3 Å². The van der Waals surface area contributed by atoms with Crippen molar-refractivity contribution in [2.24, 2.45) is 0 Å². The minimum Gasteiger partial charge on any atom is -0.298 e. The van der Waals surface area contributed by atoms with E-state index in [4.69, 9.17) is 4.98 Å². The number of thiazole rings is 1. The van der Waals surface area contributed by atoms with Crippen LogP contribution in [0.3, 0.4) is 0 Å². The molecule has 1 amide bonds. The molecule has 1 fully saturated rings. The highest BCUT2D eigenvalue weighted by Gasteiger charge is 2.27. The second-order valence-electron chi connectivity index (χ2n) is 6.59. The number of aromatic nitrogens is 3. The molecule has 1 saturated carbocycles. The SMILES string of the molecule is O=C(Nc1nc(-c2ccccn2)cs1)c1cc(C2CC2)nc2ccccc12. The first-order valence-corrected chi connectivity index (χ1v) is 9.74. The summed E-state index contributed by atoms with van der Waals surface area (Å²) >= 11 is 1.40. The Balaban J connectivity index is 1.47. The van der Waals surface area contributed by atoms with Crippen LogP contribution in [0, 0.1) is 0 Å². The highest BCUT2D eigenvalue weighted by molar-refractivity contribution is 7.14. The van der Waals surface area contributed by atoms with Gasteiger partial charge in [0.1, 0.15) is 5.69 Å². The van der Waals surface area contributed by atoms with E-state index in [1.54, 1.807) is 6.20 Å². The molecular formula is C21H16N4OS. The van der Waals surface area contributed by atoms with Gasteiger partial charge >= 0.3 is 0 Å². The molecular weight excluding hydrogens is 356 g/mol. The predicted molar refractivity (Wildman–Crippen MR) is 107 cm³/mol. The van der Waals surface area contributed by atoms with Gasteiger partial charge in [0, 0.05) is 28.6 Å². The minimum atomic E-state index is -0.155. The molecule has 0 saturated heterocycles. The van der Waals surface area contributed by atoms with E-state index in [1.165, 1.54) is 11.3 Å². The molecule has 0 aliphatic heterocycles. The van der Waals surface area contributed by atoms with Gasteiger partial charge < -0.3 is 0 Å². The third-order valence-electron chi connectivity index (χ3n) is 4.63. The fraction of sp³-hybridized carbons (Fsp3) is 0.143. The van der Waals surface area contributed by atoms with Gasteiger partial charge in [0.15, 0.2) is 5.13 Å². The fourth-order valence-electron chi connectivity index (χ4n) is 3.10. The summed E-state index contributed by atoms with van der Waals surface area (Å²) in [5.74, 6) is 0.328. The maximum atomic E-state index is 13.0. The van der Waals surface area contributed by atoms with Crippen LogP contribution in [0.1, 0.15) is 34.8 Å². The van der Waals surface area contributed by atoms with Gasteiger partial charge in [0.05, 0.1) is 16.8 Å². The van der Waals surface area contributed by atoms with E-state index in [9.17, 15) is 4.79 Å². The third-order valence-corrected chi connectivity index (χ3v) is 5.39. The Morgan fingerprint density at radius 3 is 2.70 bits per heavy atom. The third kappa shape index (κ3) is 3.19. The van der Waals surface area contributed by atoms with E-state index < -0.39 is 0 Å². The molecule has 3 heterocycles. The topological polar surface area (TPSA) is 67.8 Å². The van der Waals surface area contributed by atoms with E-state index in [1.807, 2.05) is 53.9 Å². The number of amides is 1. The van der Waals surface area contributed by atoms with Crippen LogP contribution in [0.15, 0.2) is 60.1 Å². The van der Waals surface area contributed by atoms with Crippen LogP contribution in [0.25, 0.3) is 22.3 Å². The van der Waals surface area contributed by atoms with Crippen LogP contribution >= 0.6 is 11.3 Å². The van der Waals surface area contributed by atoms with Crippen molar-refractivity contribution in [2.75, 3.05) is 5.32 Å². The predicted octanol–water partition coefficient (Wildman–Crippen LogP) is 4.88. The Kier molecular flexibility index (Phi) is 3.90. The lowest BCUT2D eigenvalue weighted by atomic mass is 10.1. The number of carbonyl (C=O) groups excluding carboxylic acids is 1. The van der Waals surface area contributed by atoms with Crippen molar-refractivity contribution < 1.29 is 4.79 Å². The Morgan fingerprint density at radius 2 is 1.89 bits per heavy atom. The first-order chi connectivity index (χ1) is 13.3. The Bertz CT molecular complexity index is 1140. The molecule has 1 N–H and O–H groups in total. The van der Waals surface area contributed by atoms with Crippen molar-refractivity contribution in [3.63, 3.8) is 0 Å². The monoisotopic (exact) mass is 372 g/mol. The number of benzene rings is 1. The molecule has 4 aromatic rings. The number of para-hydroxylation sites is 1. The largest absolute Gasteiger partial charge is 0.298 e. The second kappa shape index (κ2) is 6.55. The van der Waals surface area contributed by atoms with Crippen LogP contribution in [0.5, 0.6) is 0 Å². The van der Waals surface area contributed by atoms with Crippen LogP contribution in [0.2, 0.25) is 0 Å². The number of hydrogen-bond acceptors (Lipinski definition) is 5. The molecule has 27 heavy (non-hydrogen) atoms. The minimum absolute atomic E-state index is 0.155. The van der Waals surface area contributed by atoms with Crippen LogP contribution in [-0.4, -0.2) is 20.9 Å². The summed E-state index contributed by atoms with van der Waals surface area (Å²) in [5.41, 5.74) is 4.07. The number of fused-ring (bicyclic) bond motifs is 1. The lowest BCUT2D eigenvalue weighted by Gasteiger charge is -2.09.